The van der Waals surface area contributed by atoms with Gasteiger partial charge in [-0.1, -0.05) is 20.8 Å². The van der Waals surface area contributed by atoms with Crippen LogP contribution in [0.25, 0.3) is 0 Å². The van der Waals surface area contributed by atoms with Crippen molar-refractivity contribution < 1.29 is 13.2 Å². The van der Waals surface area contributed by atoms with Gasteiger partial charge in [0.1, 0.15) is 0 Å². The standard InChI is InChI=1S/C14H22N2O3S/c1-4-20(18,19)12-7-5-11(6-8-12)16-14(17)13(15)9-10(2)3/h5-8,10,13H,4,9,15H2,1-3H3,(H,16,17)/t13-/m0/s1. The smallest absolute Gasteiger partial charge is 0.241 e. The minimum absolute atomic E-state index is 0.0535. The molecule has 20 heavy (non-hydrogen) atoms. The molecule has 0 aliphatic rings. The second kappa shape index (κ2) is 6.85. The minimum Gasteiger partial charge on any atom is -0.325 e. The fourth-order valence-corrected chi connectivity index (χ4v) is 2.65. The predicted molar refractivity (Wildman–Crippen MR) is 80.2 cm³/mol. The minimum atomic E-state index is -3.21. The molecule has 0 saturated carbocycles. The van der Waals surface area contributed by atoms with Gasteiger partial charge in [-0.25, -0.2) is 8.42 Å². The van der Waals surface area contributed by atoms with Gasteiger partial charge >= 0.3 is 0 Å². The number of rotatable bonds is 6. The molecule has 6 heteroatoms. The number of carbonyl (C=O) groups is 1. The third-order valence-corrected chi connectivity index (χ3v) is 4.67. The fourth-order valence-electron chi connectivity index (χ4n) is 1.76. The maximum absolute atomic E-state index is 11.8. The van der Waals surface area contributed by atoms with Crippen LogP contribution in [0.1, 0.15) is 27.2 Å². The third-order valence-electron chi connectivity index (χ3n) is 2.92. The summed E-state index contributed by atoms with van der Waals surface area (Å²) in [6.45, 7) is 5.59. The van der Waals surface area contributed by atoms with E-state index in [9.17, 15) is 13.2 Å². The SMILES string of the molecule is CCS(=O)(=O)c1ccc(NC(=O)[C@@H](N)CC(C)C)cc1. The Balaban J connectivity index is 2.73. The Morgan fingerprint density at radius 3 is 2.25 bits per heavy atom. The van der Waals surface area contributed by atoms with E-state index in [-0.39, 0.29) is 16.6 Å². The van der Waals surface area contributed by atoms with Gasteiger partial charge in [0.05, 0.1) is 16.7 Å². The summed E-state index contributed by atoms with van der Waals surface area (Å²) in [6, 6.07) is 5.56. The van der Waals surface area contributed by atoms with Gasteiger partial charge in [-0.3, -0.25) is 4.79 Å². The first-order valence-corrected chi connectivity index (χ1v) is 8.30. The Bertz CT molecular complexity index is 550. The van der Waals surface area contributed by atoms with Gasteiger partial charge in [0.2, 0.25) is 5.91 Å². The normalized spacial score (nSPS) is 13.2. The van der Waals surface area contributed by atoms with Crippen molar-refractivity contribution in [3.8, 4) is 0 Å². The first-order valence-electron chi connectivity index (χ1n) is 6.65. The number of anilines is 1. The molecule has 1 aromatic carbocycles. The lowest BCUT2D eigenvalue weighted by Crippen LogP contribution is -2.36. The van der Waals surface area contributed by atoms with Crippen LogP contribution in [0.15, 0.2) is 29.2 Å². The monoisotopic (exact) mass is 298 g/mol. The van der Waals surface area contributed by atoms with Crippen molar-refractivity contribution in [2.24, 2.45) is 11.7 Å². The molecule has 112 valence electrons. The highest BCUT2D eigenvalue weighted by molar-refractivity contribution is 7.91. The number of sulfone groups is 1. The van der Waals surface area contributed by atoms with Crippen molar-refractivity contribution in [2.45, 2.75) is 38.1 Å². The van der Waals surface area contributed by atoms with Gasteiger partial charge in [-0.2, -0.15) is 0 Å². The number of hydrogen-bond donors (Lipinski definition) is 2. The Kier molecular flexibility index (Phi) is 5.71. The lowest BCUT2D eigenvalue weighted by molar-refractivity contribution is -0.117. The van der Waals surface area contributed by atoms with E-state index in [4.69, 9.17) is 5.73 Å². The van der Waals surface area contributed by atoms with Crippen molar-refractivity contribution in [1.29, 1.82) is 0 Å². The van der Waals surface area contributed by atoms with Crippen LogP contribution in [0.2, 0.25) is 0 Å². The van der Waals surface area contributed by atoms with Gasteiger partial charge in [-0.15, -0.1) is 0 Å². The number of nitrogens with two attached hydrogens (primary N) is 1. The Labute approximate surface area is 120 Å². The molecule has 0 heterocycles. The van der Waals surface area contributed by atoms with Crippen molar-refractivity contribution in [3.63, 3.8) is 0 Å². The second-order valence-corrected chi connectivity index (χ2v) is 7.43. The lowest BCUT2D eigenvalue weighted by atomic mass is 10.0. The quantitative estimate of drug-likeness (QED) is 0.838. The van der Waals surface area contributed by atoms with Crippen molar-refractivity contribution in [2.75, 3.05) is 11.1 Å². The van der Waals surface area contributed by atoms with Crippen molar-refractivity contribution in [3.05, 3.63) is 24.3 Å². The molecule has 1 amide bonds. The lowest BCUT2D eigenvalue weighted by Gasteiger charge is -2.14. The molecule has 0 spiro atoms. The van der Waals surface area contributed by atoms with Gasteiger partial charge in [0.15, 0.2) is 9.84 Å². The third kappa shape index (κ3) is 4.61. The summed E-state index contributed by atoms with van der Waals surface area (Å²) in [4.78, 5) is 12.1. The first kappa shape index (κ1) is 16.7. The van der Waals surface area contributed by atoms with Gasteiger partial charge in [-0.05, 0) is 36.6 Å². The largest absolute Gasteiger partial charge is 0.325 e. The zero-order chi connectivity index (χ0) is 15.3. The molecule has 5 nitrogen and oxygen atoms in total. The summed E-state index contributed by atoms with van der Waals surface area (Å²) >= 11 is 0. The molecule has 1 aromatic rings. The van der Waals surface area contributed by atoms with E-state index < -0.39 is 15.9 Å². The topological polar surface area (TPSA) is 89.3 Å². The number of nitrogens with one attached hydrogen (secondary N) is 1. The van der Waals surface area contributed by atoms with Crippen LogP contribution in [0.5, 0.6) is 0 Å². The highest BCUT2D eigenvalue weighted by Crippen LogP contribution is 2.16. The number of hydrogen-bond acceptors (Lipinski definition) is 4. The zero-order valence-corrected chi connectivity index (χ0v) is 12.9. The van der Waals surface area contributed by atoms with Crippen LogP contribution in [-0.4, -0.2) is 26.1 Å². The summed E-state index contributed by atoms with van der Waals surface area (Å²) in [5.41, 5.74) is 6.32. The number of amides is 1. The van der Waals surface area contributed by atoms with Crippen LogP contribution in [0.4, 0.5) is 5.69 Å². The molecule has 1 atom stereocenters. The molecule has 0 radical (unpaired) electrons. The van der Waals surface area contributed by atoms with Gasteiger partial charge < -0.3 is 11.1 Å². The van der Waals surface area contributed by atoms with E-state index in [0.29, 0.717) is 18.0 Å². The van der Waals surface area contributed by atoms with Gasteiger partial charge in [0.25, 0.3) is 0 Å². The Morgan fingerprint density at radius 2 is 1.80 bits per heavy atom. The zero-order valence-electron chi connectivity index (χ0n) is 12.1. The van der Waals surface area contributed by atoms with E-state index in [1.807, 2.05) is 13.8 Å². The second-order valence-electron chi connectivity index (χ2n) is 5.15. The molecule has 0 unspecified atom stereocenters. The summed E-state index contributed by atoms with van der Waals surface area (Å²) < 4.78 is 23.3. The van der Waals surface area contributed by atoms with Gasteiger partial charge in [0, 0.05) is 5.69 Å². The van der Waals surface area contributed by atoms with Crippen molar-refractivity contribution >= 4 is 21.4 Å². The van der Waals surface area contributed by atoms with Crippen LogP contribution >= 0.6 is 0 Å². The number of benzene rings is 1. The van der Waals surface area contributed by atoms with E-state index >= 15 is 0 Å². The average Bonchev–Trinajstić information content (AvgIpc) is 2.38. The highest BCUT2D eigenvalue weighted by atomic mass is 32.2. The van der Waals surface area contributed by atoms with Crippen LogP contribution in [0, 0.1) is 5.92 Å². The van der Waals surface area contributed by atoms with Crippen LogP contribution in [0.3, 0.4) is 0 Å². The molecule has 0 aliphatic heterocycles. The average molecular weight is 298 g/mol. The summed E-state index contributed by atoms with van der Waals surface area (Å²) in [5.74, 6) is 0.135. The molecule has 3 N–H and O–H groups in total. The molecule has 0 aromatic heterocycles. The summed E-state index contributed by atoms with van der Waals surface area (Å²) in [6.07, 6.45) is 0.605. The molecule has 0 fully saturated rings. The summed E-state index contributed by atoms with van der Waals surface area (Å²) in [5, 5.41) is 2.68. The Hall–Kier alpha value is -1.40. The van der Waals surface area contributed by atoms with Crippen LogP contribution < -0.4 is 11.1 Å². The Morgan fingerprint density at radius 1 is 1.25 bits per heavy atom. The van der Waals surface area contributed by atoms with E-state index in [1.165, 1.54) is 12.1 Å². The molecular formula is C14H22N2O3S. The van der Waals surface area contributed by atoms with E-state index in [0.717, 1.165) is 0 Å². The fraction of sp³-hybridized carbons (Fsp3) is 0.500. The maximum atomic E-state index is 11.8. The summed E-state index contributed by atoms with van der Waals surface area (Å²) in [7, 11) is -3.21. The predicted octanol–water partition coefficient (Wildman–Crippen LogP) is 1.79. The first-order chi connectivity index (χ1) is 9.26. The molecular weight excluding hydrogens is 276 g/mol. The molecule has 0 saturated heterocycles. The van der Waals surface area contributed by atoms with E-state index in [2.05, 4.69) is 5.32 Å². The van der Waals surface area contributed by atoms with Crippen molar-refractivity contribution in [1.82, 2.24) is 0 Å². The molecule has 1 rings (SSSR count). The van der Waals surface area contributed by atoms with Crippen LogP contribution in [-0.2, 0) is 14.6 Å². The number of carbonyl (C=O) groups excluding carboxylic acids is 1. The molecule has 0 aliphatic carbocycles. The maximum Gasteiger partial charge on any atom is 0.241 e. The molecule has 0 bridgehead atoms. The highest BCUT2D eigenvalue weighted by Gasteiger charge is 2.16. The van der Waals surface area contributed by atoms with E-state index in [1.54, 1.807) is 19.1 Å².